The Kier molecular flexibility index (Phi) is 3.27. The lowest BCUT2D eigenvalue weighted by atomic mass is 9.81. The van der Waals surface area contributed by atoms with Crippen LogP contribution in [0, 0.1) is 11.2 Å². The van der Waals surface area contributed by atoms with Crippen LogP contribution in [0.1, 0.15) is 26.7 Å². The summed E-state index contributed by atoms with van der Waals surface area (Å²) in [6.45, 7) is 3.78. The summed E-state index contributed by atoms with van der Waals surface area (Å²) in [4.78, 5) is 25.2. The van der Waals surface area contributed by atoms with E-state index in [0.29, 0.717) is 23.0 Å². The Morgan fingerprint density at radius 1 is 1.22 bits per heavy atom. The molecular weight excluding hydrogens is 301 g/mol. The summed E-state index contributed by atoms with van der Waals surface area (Å²) in [5.41, 5.74) is 0.0962. The molecule has 1 aliphatic rings. The van der Waals surface area contributed by atoms with Crippen LogP contribution in [-0.2, 0) is 9.59 Å². The predicted octanol–water partition coefficient (Wildman–Crippen LogP) is 3.27. The maximum Gasteiger partial charge on any atom is 0.234 e. The van der Waals surface area contributed by atoms with E-state index >= 15 is 0 Å². The standard InChI is InChI=1S/C13H13BrFNO2/c1-13(2)6-11(17)16(12(18)7-13)10-4-3-8(15)5-9(10)14/h3-5H,6-7H2,1-2H3. The average Bonchev–Trinajstić information content (AvgIpc) is 2.18. The maximum absolute atomic E-state index is 13.0. The zero-order valence-electron chi connectivity index (χ0n) is 10.2. The highest BCUT2D eigenvalue weighted by Gasteiger charge is 2.38. The molecule has 1 aromatic carbocycles. The van der Waals surface area contributed by atoms with E-state index in [4.69, 9.17) is 0 Å². The third kappa shape index (κ3) is 2.46. The van der Waals surface area contributed by atoms with E-state index in [9.17, 15) is 14.0 Å². The molecule has 0 saturated carbocycles. The van der Waals surface area contributed by atoms with Gasteiger partial charge in [-0.3, -0.25) is 9.59 Å². The summed E-state index contributed by atoms with van der Waals surface area (Å²) in [7, 11) is 0. The molecule has 2 rings (SSSR count). The molecule has 0 bridgehead atoms. The van der Waals surface area contributed by atoms with Gasteiger partial charge in [0, 0.05) is 17.3 Å². The molecule has 0 unspecified atom stereocenters. The van der Waals surface area contributed by atoms with Gasteiger partial charge in [0.05, 0.1) is 5.69 Å². The predicted molar refractivity (Wildman–Crippen MR) is 69.6 cm³/mol. The first kappa shape index (κ1) is 13.2. The topological polar surface area (TPSA) is 37.4 Å². The number of carbonyl (C=O) groups is 2. The second-order valence-corrected chi connectivity index (χ2v) is 6.09. The molecule has 0 radical (unpaired) electrons. The molecule has 5 heteroatoms. The second-order valence-electron chi connectivity index (χ2n) is 5.24. The number of nitrogens with zero attached hydrogens (tertiary/aromatic N) is 1. The zero-order chi connectivity index (χ0) is 13.5. The monoisotopic (exact) mass is 313 g/mol. The second kappa shape index (κ2) is 4.46. The van der Waals surface area contributed by atoms with Crippen molar-refractivity contribution < 1.29 is 14.0 Å². The molecule has 1 fully saturated rings. The Bertz CT molecular complexity index is 508. The van der Waals surface area contributed by atoms with Gasteiger partial charge in [-0.1, -0.05) is 13.8 Å². The van der Waals surface area contributed by atoms with E-state index in [0.717, 1.165) is 4.90 Å². The van der Waals surface area contributed by atoms with Crippen LogP contribution in [0.5, 0.6) is 0 Å². The van der Waals surface area contributed by atoms with Gasteiger partial charge in [0.1, 0.15) is 5.82 Å². The highest BCUT2D eigenvalue weighted by molar-refractivity contribution is 9.10. The fourth-order valence-corrected chi connectivity index (χ4v) is 2.64. The molecule has 18 heavy (non-hydrogen) atoms. The van der Waals surface area contributed by atoms with Crippen LogP contribution in [0.4, 0.5) is 10.1 Å². The summed E-state index contributed by atoms with van der Waals surface area (Å²) in [5.74, 6) is -0.907. The van der Waals surface area contributed by atoms with E-state index < -0.39 is 5.82 Å². The SMILES string of the molecule is CC1(C)CC(=O)N(c2ccc(F)cc2Br)C(=O)C1. The van der Waals surface area contributed by atoms with Crippen LogP contribution in [0.25, 0.3) is 0 Å². The molecule has 0 atom stereocenters. The first-order valence-electron chi connectivity index (χ1n) is 5.61. The quantitative estimate of drug-likeness (QED) is 0.746. The van der Waals surface area contributed by atoms with Gasteiger partial charge in [0.15, 0.2) is 0 Å². The van der Waals surface area contributed by atoms with Crippen molar-refractivity contribution in [3.63, 3.8) is 0 Å². The fraction of sp³-hybridized carbons (Fsp3) is 0.385. The zero-order valence-corrected chi connectivity index (χ0v) is 11.8. The third-order valence-electron chi connectivity index (χ3n) is 2.91. The molecule has 1 saturated heterocycles. The molecule has 2 amide bonds. The Balaban J connectivity index is 2.39. The Morgan fingerprint density at radius 2 is 1.78 bits per heavy atom. The minimum Gasteiger partial charge on any atom is -0.274 e. The largest absolute Gasteiger partial charge is 0.274 e. The van der Waals surface area contributed by atoms with Crippen molar-refractivity contribution in [3.05, 3.63) is 28.5 Å². The minimum atomic E-state index is -0.414. The van der Waals surface area contributed by atoms with Gasteiger partial charge in [-0.2, -0.15) is 0 Å². The van der Waals surface area contributed by atoms with Gasteiger partial charge in [-0.05, 0) is 39.5 Å². The lowest BCUT2D eigenvalue weighted by Gasteiger charge is -2.35. The molecule has 1 heterocycles. The number of benzene rings is 1. The normalized spacial score (nSPS) is 19.2. The number of imide groups is 1. The lowest BCUT2D eigenvalue weighted by Crippen LogP contribution is -2.46. The van der Waals surface area contributed by atoms with Crippen molar-refractivity contribution in [2.24, 2.45) is 5.41 Å². The Hall–Kier alpha value is -1.23. The summed E-state index contributed by atoms with van der Waals surface area (Å²) in [5, 5.41) is 0. The Labute approximate surface area is 113 Å². The number of carbonyl (C=O) groups excluding carboxylic acids is 2. The third-order valence-corrected chi connectivity index (χ3v) is 3.54. The number of hydrogen-bond acceptors (Lipinski definition) is 2. The number of amides is 2. The molecule has 96 valence electrons. The van der Waals surface area contributed by atoms with Crippen LogP contribution in [0.3, 0.4) is 0 Å². The molecule has 1 aliphatic heterocycles. The highest BCUT2D eigenvalue weighted by atomic mass is 79.9. The lowest BCUT2D eigenvalue weighted by molar-refractivity contribution is -0.132. The highest BCUT2D eigenvalue weighted by Crippen LogP contribution is 2.36. The summed E-state index contributed by atoms with van der Waals surface area (Å²) in [6.07, 6.45) is 0.616. The van der Waals surface area contributed by atoms with Crippen LogP contribution in [0.15, 0.2) is 22.7 Å². The number of anilines is 1. The van der Waals surface area contributed by atoms with Gasteiger partial charge in [-0.25, -0.2) is 9.29 Å². The first-order valence-corrected chi connectivity index (χ1v) is 6.40. The van der Waals surface area contributed by atoms with Crippen LogP contribution >= 0.6 is 15.9 Å². The minimum absolute atomic E-state index is 0.247. The van der Waals surface area contributed by atoms with Crippen molar-refractivity contribution in [3.8, 4) is 0 Å². The van der Waals surface area contributed by atoms with E-state index in [-0.39, 0.29) is 17.2 Å². The summed E-state index contributed by atoms with van der Waals surface area (Å²) in [6, 6.07) is 3.92. The number of piperidine rings is 1. The van der Waals surface area contributed by atoms with Crippen molar-refractivity contribution in [1.29, 1.82) is 0 Å². The van der Waals surface area contributed by atoms with Gasteiger partial charge in [0.25, 0.3) is 0 Å². The Morgan fingerprint density at radius 3 is 2.28 bits per heavy atom. The number of rotatable bonds is 1. The first-order chi connectivity index (χ1) is 8.30. The molecular formula is C13H13BrFNO2. The number of halogens is 2. The summed E-state index contributed by atoms with van der Waals surface area (Å²) >= 11 is 3.18. The molecule has 0 N–H and O–H groups in total. The summed E-state index contributed by atoms with van der Waals surface area (Å²) < 4.78 is 13.4. The van der Waals surface area contributed by atoms with Crippen molar-refractivity contribution in [2.45, 2.75) is 26.7 Å². The van der Waals surface area contributed by atoms with Crippen LogP contribution < -0.4 is 4.90 Å². The smallest absolute Gasteiger partial charge is 0.234 e. The van der Waals surface area contributed by atoms with Gasteiger partial charge in [0.2, 0.25) is 11.8 Å². The molecule has 3 nitrogen and oxygen atoms in total. The fourth-order valence-electron chi connectivity index (χ4n) is 2.11. The molecule has 0 spiro atoms. The van der Waals surface area contributed by atoms with Crippen LogP contribution in [0.2, 0.25) is 0 Å². The van der Waals surface area contributed by atoms with E-state index in [1.54, 1.807) is 0 Å². The van der Waals surface area contributed by atoms with Gasteiger partial charge >= 0.3 is 0 Å². The van der Waals surface area contributed by atoms with Crippen molar-refractivity contribution in [2.75, 3.05) is 4.90 Å². The van der Waals surface area contributed by atoms with Crippen molar-refractivity contribution >= 4 is 33.4 Å². The molecule has 1 aromatic rings. The maximum atomic E-state index is 13.0. The van der Waals surface area contributed by atoms with E-state index in [1.807, 2.05) is 13.8 Å². The molecule has 0 aromatic heterocycles. The molecule has 0 aliphatic carbocycles. The number of hydrogen-bond donors (Lipinski definition) is 0. The van der Waals surface area contributed by atoms with Gasteiger partial charge < -0.3 is 0 Å². The van der Waals surface area contributed by atoms with Crippen LogP contribution in [-0.4, -0.2) is 11.8 Å². The van der Waals surface area contributed by atoms with E-state index in [1.165, 1.54) is 18.2 Å². The van der Waals surface area contributed by atoms with Gasteiger partial charge in [-0.15, -0.1) is 0 Å². The van der Waals surface area contributed by atoms with E-state index in [2.05, 4.69) is 15.9 Å². The average molecular weight is 314 g/mol. The van der Waals surface area contributed by atoms with Crippen molar-refractivity contribution in [1.82, 2.24) is 0 Å².